The molecule has 0 aliphatic carbocycles. The maximum atomic E-state index is 13.8. The molecule has 1 unspecified atom stereocenters. The van der Waals surface area contributed by atoms with Gasteiger partial charge in [0, 0.05) is 12.6 Å². The third-order valence-corrected chi connectivity index (χ3v) is 3.50. The molecule has 2 nitrogen and oxygen atoms in total. The summed E-state index contributed by atoms with van der Waals surface area (Å²) >= 11 is 5.78. The summed E-state index contributed by atoms with van der Waals surface area (Å²) in [5, 5.41) is 0. The Bertz CT molecular complexity index is 559. The Labute approximate surface area is 117 Å². The summed E-state index contributed by atoms with van der Waals surface area (Å²) in [6, 6.07) is 12.4. The van der Waals surface area contributed by atoms with Crippen LogP contribution in [0.5, 0.6) is 0 Å². The maximum absolute atomic E-state index is 13.8. The fraction of sp³-hybridized carbons (Fsp3) is 0.267. The highest BCUT2D eigenvalue weighted by atomic mass is 35.5. The van der Waals surface area contributed by atoms with E-state index in [-0.39, 0.29) is 11.9 Å². The molecule has 4 heteroatoms. The van der Waals surface area contributed by atoms with Gasteiger partial charge in [0.1, 0.15) is 11.6 Å². The molecule has 0 saturated heterocycles. The van der Waals surface area contributed by atoms with Crippen molar-refractivity contribution in [2.45, 2.75) is 18.8 Å². The van der Waals surface area contributed by atoms with Crippen LogP contribution in [0.25, 0.3) is 0 Å². The fourth-order valence-corrected chi connectivity index (χ4v) is 2.11. The Morgan fingerprint density at radius 1 is 1.21 bits per heavy atom. The van der Waals surface area contributed by atoms with Crippen molar-refractivity contribution in [2.75, 3.05) is 11.9 Å². The molecule has 1 heterocycles. The number of nitrogens with zero attached hydrogens (tertiary/aromatic N) is 2. The van der Waals surface area contributed by atoms with Crippen LogP contribution >= 0.6 is 11.6 Å². The Morgan fingerprint density at radius 2 is 1.95 bits per heavy atom. The third-order valence-electron chi connectivity index (χ3n) is 3.23. The molecule has 0 spiro atoms. The lowest BCUT2D eigenvalue weighted by molar-refractivity contribution is 0.584. The molecule has 0 bridgehead atoms. The summed E-state index contributed by atoms with van der Waals surface area (Å²) in [7, 11) is 1.90. The molecule has 0 saturated carbocycles. The Hall–Kier alpha value is -1.61. The first kappa shape index (κ1) is 13.8. The van der Waals surface area contributed by atoms with Gasteiger partial charge in [0.05, 0.1) is 17.6 Å². The Morgan fingerprint density at radius 3 is 2.63 bits per heavy atom. The minimum atomic E-state index is -0.199. The van der Waals surface area contributed by atoms with Crippen LogP contribution in [0.15, 0.2) is 42.5 Å². The number of aromatic nitrogens is 1. The van der Waals surface area contributed by atoms with Crippen LogP contribution in [0.4, 0.5) is 10.2 Å². The number of anilines is 1. The first-order valence-corrected chi connectivity index (χ1v) is 6.66. The average molecular weight is 279 g/mol. The molecule has 0 amide bonds. The van der Waals surface area contributed by atoms with Gasteiger partial charge in [-0.1, -0.05) is 24.3 Å². The number of rotatable bonds is 4. The molecule has 1 aromatic carbocycles. The van der Waals surface area contributed by atoms with Crippen molar-refractivity contribution in [3.8, 4) is 0 Å². The predicted octanol–water partition coefficient (Wildman–Crippen LogP) is 4.16. The number of hydrogen-bond acceptors (Lipinski definition) is 2. The van der Waals surface area contributed by atoms with E-state index in [1.807, 2.05) is 43.1 Å². The molecule has 2 rings (SSSR count). The smallest absolute Gasteiger partial charge is 0.129 e. The molecule has 1 atom stereocenters. The number of hydrogen-bond donors (Lipinski definition) is 0. The van der Waals surface area contributed by atoms with Gasteiger partial charge in [0.15, 0.2) is 0 Å². The first-order chi connectivity index (χ1) is 9.13. The molecule has 1 aromatic heterocycles. The lowest BCUT2D eigenvalue weighted by Crippen LogP contribution is -2.23. The van der Waals surface area contributed by atoms with Crippen molar-refractivity contribution in [3.05, 3.63) is 59.5 Å². The highest BCUT2D eigenvalue weighted by Crippen LogP contribution is 2.25. The normalized spacial score (nSPS) is 12.2. The van der Waals surface area contributed by atoms with Gasteiger partial charge in [-0.3, -0.25) is 0 Å². The fourth-order valence-electron chi connectivity index (χ4n) is 1.96. The second-order valence-corrected chi connectivity index (χ2v) is 4.70. The van der Waals surface area contributed by atoms with E-state index < -0.39 is 0 Å². The van der Waals surface area contributed by atoms with Crippen molar-refractivity contribution in [3.63, 3.8) is 0 Å². The van der Waals surface area contributed by atoms with Crippen LogP contribution in [0.1, 0.15) is 24.2 Å². The van der Waals surface area contributed by atoms with Gasteiger partial charge >= 0.3 is 0 Å². The molecule has 0 aliphatic rings. The van der Waals surface area contributed by atoms with Crippen LogP contribution < -0.4 is 4.90 Å². The lowest BCUT2D eigenvalue weighted by Gasteiger charge is -2.26. The standard InChI is InChI=1S/C15H16ClFN2/c1-11(13-7-3-4-8-14(13)17)19(2)15-9-5-6-12(10-16)18-15/h3-9,11H,10H2,1-2H3. The zero-order chi connectivity index (χ0) is 13.8. The van der Waals surface area contributed by atoms with E-state index in [0.29, 0.717) is 11.4 Å². The Balaban J connectivity index is 2.28. The van der Waals surface area contributed by atoms with Crippen molar-refractivity contribution in [1.29, 1.82) is 0 Å². The van der Waals surface area contributed by atoms with E-state index in [9.17, 15) is 4.39 Å². The SMILES string of the molecule is CC(c1ccccc1F)N(C)c1cccc(CCl)n1. The monoisotopic (exact) mass is 278 g/mol. The molecular weight excluding hydrogens is 263 g/mol. The highest BCUT2D eigenvalue weighted by Gasteiger charge is 2.16. The number of halogens is 2. The maximum Gasteiger partial charge on any atom is 0.129 e. The molecule has 100 valence electrons. The van der Waals surface area contributed by atoms with Crippen LogP contribution in [0.2, 0.25) is 0 Å². The van der Waals surface area contributed by atoms with E-state index in [0.717, 1.165) is 11.5 Å². The van der Waals surface area contributed by atoms with Crippen LogP contribution in [0.3, 0.4) is 0 Å². The highest BCUT2D eigenvalue weighted by molar-refractivity contribution is 6.16. The van der Waals surface area contributed by atoms with E-state index in [4.69, 9.17) is 11.6 Å². The van der Waals surface area contributed by atoms with E-state index in [1.54, 1.807) is 12.1 Å². The summed E-state index contributed by atoms with van der Waals surface area (Å²) in [5.41, 5.74) is 1.47. The minimum absolute atomic E-state index is 0.0979. The molecule has 0 fully saturated rings. The van der Waals surface area contributed by atoms with Gasteiger partial charge in [0.2, 0.25) is 0 Å². The van der Waals surface area contributed by atoms with Crippen molar-refractivity contribution in [1.82, 2.24) is 4.98 Å². The van der Waals surface area contributed by atoms with Gasteiger partial charge in [-0.25, -0.2) is 9.37 Å². The number of pyridine rings is 1. The largest absolute Gasteiger partial charge is 0.353 e. The average Bonchev–Trinajstić information content (AvgIpc) is 2.46. The molecular formula is C15H16ClFN2. The van der Waals surface area contributed by atoms with Gasteiger partial charge in [-0.05, 0) is 25.1 Å². The zero-order valence-corrected chi connectivity index (χ0v) is 11.7. The molecule has 0 radical (unpaired) electrons. The molecule has 0 N–H and O–H groups in total. The van der Waals surface area contributed by atoms with Crippen molar-refractivity contribution >= 4 is 17.4 Å². The van der Waals surface area contributed by atoms with Crippen LogP contribution in [-0.4, -0.2) is 12.0 Å². The predicted molar refractivity (Wildman–Crippen MR) is 77.0 cm³/mol. The minimum Gasteiger partial charge on any atom is -0.353 e. The van der Waals surface area contributed by atoms with Crippen molar-refractivity contribution in [2.24, 2.45) is 0 Å². The molecule has 2 aromatic rings. The second-order valence-electron chi connectivity index (χ2n) is 4.43. The number of benzene rings is 1. The molecule has 19 heavy (non-hydrogen) atoms. The second kappa shape index (κ2) is 6.02. The quantitative estimate of drug-likeness (QED) is 0.781. The molecule has 0 aliphatic heterocycles. The summed E-state index contributed by atoms with van der Waals surface area (Å²) in [4.78, 5) is 6.38. The van der Waals surface area contributed by atoms with Crippen molar-refractivity contribution < 1.29 is 4.39 Å². The summed E-state index contributed by atoms with van der Waals surface area (Å²) < 4.78 is 13.8. The topological polar surface area (TPSA) is 16.1 Å². The third kappa shape index (κ3) is 3.04. The number of alkyl halides is 1. The van der Waals surface area contributed by atoms with Gasteiger partial charge in [-0.2, -0.15) is 0 Å². The summed E-state index contributed by atoms with van der Waals surface area (Å²) in [6.45, 7) is 1.95. The van der Waals surface area contributed by atoms with E-state index >= 15 is 0 Å². The van der Waals surface area contributed by atoms with E-state index in [2.05, 4.69) is 4.98 Å². The van der Waals surface area contributed by atoms with Gasteiger partial charge < -0.3 is 4.90 Å². The summed E-state index contributed by atoms with van der Waals surface area (Å²) in [5.74, 6) is 0.958. The van der Waals surface area contributed by atoms with Gasteiger partial charge in [-0.15, -0.1) is 11.6 Å². The van der Waals surface area contributed by atoms with Crippen LogP contribution in [0, 0.1) is 5.82 Å². The Kier molecular flexibility index (Phi) is 4.38. The van der Waals surface area contributed by atoms with Crippen LogP contribution in [-0.2, 0) is 5.88 Å². The van der Waals surface area contributed by atoms with E-state index in [1.165, 1.54) is 6.07 Å². The lowest BCUT2D eigenvalue weighted by atomic mass is 10.1. The van der Waals surface area contributed by atoms with Gasteiger partial charge in [0.25, 0.3) is 0 Å². The summed E-state index contributed by atoms with van der Waals surface area (Å²) in [6.07, 6.45) is 0. The first-order valence-electron chi connectivity index (χ1n) is 6.12. The zero-order valence-electron chi connectivity index (χ0n) is 11.0.